The predicted molar refractivity (Wildman–Crippen MR) is 80.6 cm³/mol. The fraction of sp³-hybridized carbons (Fsp3) is 0. The molecule has 0 aliphatic rings. The maximum absolute atomic E-state index is 12.7. The maximum atomic E-state index is 12.7. The van der Waals surface area contributed by atoms with Crippen LogP contribution in [0.15, 0.2) is 58.7 Å². The third-order valence-corrected chi connectivity index (χ3v) is 2.54. The second-order valence-electron chi connectivity index (χ2n) is 3.82. The summed E-state index contributed by atoms with van der Waals surface area (Å²) in [5, 5.41) is 6.28. The van der Waals surface area contributed by atoms with Gasteiger partial charge in [-0.2, -0.15) is 0 Å². The van der Waals surface area contributed by atoms with Crippen molar-refractivity contribution < 1.29 is 18.3 Å². The number of benzene rings is 2. The predicted octanol–water partition coefficient (Wildman–Crippen LogP) is 4.53. The van der Waals surface area contributed by atoms with Crippen LogP contribution < -0.4 is 9.47 Å². The summed E-state index contributed by atoms with van der Waals surface area (Å²) >= 11 is 11.4. The molecule has 0 aliphatic carbocycles. The second kappa shape index (κ2) is 7.72. The fourth-order valence-electron chi connectivity index (χ4n) is 1.32. The van der Waals surface area contributed by atoms with Crippen LogP contribution in [-0.4, -0.2) is 10.7 Å². The standard InChI is InChI=1S/C14H8Cl2F2N2O2/c15-13(21-11-5-1-9(17)2-6-11)19-20-14(16)22-12-7-3-10(18)4-8-12/h1-8H/b19-13-,20-14-. The van der Waals surface area contributed by atoms with Crippen molar-refractivity contribution in [2.75, 3.05) is 0 Å². The molecule has 114 valence electrons. The van der Waals surface area contributed by atoms with E-state index in [9.17, 15) is 8.78 Å². The Morgan fingerprint density at radius 3 is 1.32 bits per heavy atom. The van der Waals surface area contributed by atoms with Gasteiger partial charge >= 0.3 is 10.7 Å². The Kier molecular flexibility index (Phi) is 5.68. The third kappa shape index (κ3) is 5.31. The summed E-state index contributed by atoms with van der Waals surface area (Å²) in [6.45, 7) is 0. The van der Waals surface area contributed by atoms with Gasteiger partial charge in [0.15, 0.2) is 0 Å². The van der Waals surface area contributed by atoms with Gasteiger partial charge in [0, 0.05) is 0 Å². The normalized spacial score (nSPS) is 12.2. The molecule has 0 atom stereocenters. The Hall–Kier alpha value is -2.18. The lowest BCUT2D eigenvalue weighted by Crippen LogP contribution is -2.02. The molecule has 0 radical (unpaired) electrons. The van der Waals surface area contributed by atoms with E-state index in [2.05, 4.69) is 10.2 Å². The molecule has 0 spiro atoms. The van der Waals surface area contributed by atoms with E-state index in [1.807, 2.05) is 0 Å². The molecule has 2 aromatic carbocycles. The van der Waals surface area contributed by atoms with Gasteiger partial charge < -0.3 is 9.47 Å². The largest absolute Gasteiger partial charge is 0.429 e. The summed E-state index contributed by atoms with van der Waals surface area (Å²) in [6, 6.07) is 10.3. The summed E-state index contributed by atoms with van der Waals surface area (Å²) in [6.07, 6.45) is 0. The molecule has 0 fully saturated rings. The molecule has 0 saturated carbocycles. The summed E-state index contributed by atoms with van der Waals surface area (Å²) in [5.41, 5.74) is 0. The number of rotatable bonds is 3. The van der Waals surface area contributed by atoms with E-state index in [0.717, 1.165) is 0 Å². The highest BCUT2D eigenvalue weighted by Crippen LogP contribution is 2.14. The first kappa shape index (κ1) is 16.2. The van der Waals surface area contributed by atoms with Gasteiger partial charge in [0.1, 0.15) is 23.1 Å². The minimum atomic E-state index is -0.408. The molecule has 8 heteroatoms. The molecule has 0 unspecified atom stereocenters. The highest BCUT2D eigenvalue weighted by molar-refractivity contribution is 6.64. The van der Waals surface area contributed by atoms with Crippen LogP contribution in [0.2, 0.25) is 0 Å². The van der Waals surface area contributed by atoms with E-state index >= 15 is 0 Å². The quantitative estimate of drug-likeness (QED) is 0.466. The Bertz CT molecular complexity index is 627. The van der Waals surface area contributed by atoms with Crippen molar-refractivity contribution >= 4 is 33.9 Å². The molecular weight excluding hydrogens is 337 g/mol. The number of hydrogen-bond donors (Lipinski definition) is 0. The van der Waals surface area contributed by atoms with Crippen LogP contribution in [0.5, 0.6) is 11.5 Å². The summed E-state index contributed by atoms with van der Waals surface area (Å²) < 4.78 is 35.6. The zero-order valence-corrected chi connectivity index (χ0v) is 12.4. The Labute approximate surface area is 134 Å². The lowest BCUT2D eigenvalue weighted by Gasteiger charge is -2.02. The van der Waals surface area contributed by atoms with Gasteiger partial charge in [-0.15, -0.1) is 0 Å². The molecule has 0 aromatic heterocycles. The smallest absolute Gasteiger partial charge is 0.311 e. The van der Waals surface area contributed by atoms with Crippen LogP contribution >= 0.6 is 23.2 Å². The first-order valence-electron chi connectivity index (χ1n) is 5.86. The van der Waals surface area contributed by atoms with Crippen molar-refractivity contribution in [3.05, 3.63) is 60.2 Å². The van der Waals surface area contributed by atoms with Crippen LogP contribution in [0, 0.1) is 11.6 Å². The van der Waals surface area contributed by atoms with Crippen LogP contribution in [0.25, 0.3) is 0 Å². The Balaban J connectivity index is 1.95. The van der Waals surface area contributed by atoms with Crippen molar-refractivity contribution in [2.45, 2.75) is 0 Å². The number of ether oxygens (including phenoxy) is 2. The van der Waals surface area contributed by atoms with Crippen LogP contribution in [0.1, 0.15) is 0 Å². The molecule has 0 amide bonds. The van der Waals surface area contributed by atoms with Crippen LogP contribution in [0.4, 0.5) is 8.78 Å². The van der Waals surface area contributed by atoms with Crippen LogP contribution in [-0.2, 0) is 0 Å². The lowest BCUT2D eigenvalue weighted by atomic mass is 10.3. The zero-order valence-electron chi connectivity index (χ0n) is 10.8. The maximum Gasteiger partial charge on any atom is 0.311 e. The van der Waals surface area contributed by atoms with E-state index in [0.29, 0.717) is 0 Å². The molecule has 4 nitrogen and oxygen atoms in total. The van der Waals surface area contributed by atoms with Gasteiger partial charge in [0.05, 0.1) is 0 Å². The number of nitrogens with zero attached hydrogens (tertiary/aromatic N) is 2. The van der Waals surface area contributed by atoms with Crippen molar-refractivity contribution in [1.29, 1.82) is 0 Å². The highest BCUT2D eigenvalue weighted by Gasteiger charge is 2.02. The van der Waals surface area contributed by atoms with Crippen molar-refractivity contribution in [1.82, 2.24) is 0 Å². The highest BCUT2D eigenvalue weighted by atomic mass is 35.5. The molecule has 2 rings (SSSR count). The Morgan fingerprint density at radius 2 is 1.00 bits per heavy atom. The summed E-state index contributed by atoms with van der Waals surface area (Å²) in [7, 11) is 0. The molecule has 0 N–H and O–H groups in total. The molecule has 2 aromatic rings. The topological polar surface area (TPSA) is 43.2 Å². The summed E-state index contributed by atoms with van der Waals surface area (Å²) in [4.78, 5) is 0. The first-order chi connectivity index (χ1) is 10.5. The van der Waals surface area contributed by atoms with Gasteiger partial charge in [0.25, 0.3) is 0 Å². The van der Waals surface area contributed by atoms with E-state index in [1.165, 1.54) is 48.5 Å². The van der Waals surface area contributed by atoms with Crippen molar-refractivity contribution in [2.24, 2.45) is 10.2 Å². The zero-order chi connectivity index (χ0) is 15.9. The average molecular weight is 345 g/mol. The number of halogens is 4. The van der Waals surface area contributed by atoms with Gasteiger partial charge in [-0.1, -0.05) is 10.2 Å². The second-order valence-corrected chi connectivity index (χ2v) is 4.46. The van der Waals surface area contributed by atoms with E-state index in [4.69, 9.17) is 32.7 Å². The van der Waals surface area contributed by atoms with E-state index < -0.39 is 11.6 Å². The fourth-order valence-corrected chi connectivity index (χ4v) is 1.57. The Morgan fingerprint density at radius 1 is 0.682 bits per heavy atom. The molecule has 0 bridgehead atoms. The van der Waals surface area contributed by atoms with Crippen LogP contribution in [0.3, 0.4) is 0 Å². The minimum Gasteiger partial charge on any atom is -0.429 e. The molecular formula is C14H8Cl2F2N2O2. The van der Waals surface area contributed by atoms with Crippen molar-refractivity contribution in [3.63, 3.8) is 0 Å². The third-order valence-electron chi connectivity index (χ3n) is 2.24. The summed E-state index contributed by atoms with van der Waals surface area (Å²) in [5.74, 6) is -0.259. The first-order valence-corrected chi connectivity index (χ1v) is 6.62. The SMILES string of the molecule is Fc1ccc(O/C(Cl)=N\N=C(\Cl)Oc2ccc(F)cc2)cc1. The monoisotopic (exact) mass is 344 g/mol. The minimum absolute atomic E-state index is 0.279. The average Bonchev–Trinajstić information content (AvgIpc) is 2.50. The van der Waals surface area contributed by atoms with Crippen molar-refractivity contribution in [3.8, 4) is 11.5 Å². The van der Waals surface area contributed by atoms with Gasteiger partial charge in [0.2, 0.25) is 0 Å². The van der Waals surface area contributed by atoms with Gasteiger partial charge in [-0.05, 0) is 71.7 Å². The molecule has 0 aliphatic heterocycles. The molecule has 0 heterocycles. The van der Waals surface area contributed by atoms with E-state index in [-0.39, 0.29) is 22.2 Å². The van der Waals surface area contributed by atoms with Gasteiger partial charge in [-0.25, -0.2) is 8.78 Å². The van der Waals surface area contributed by atoms with Gasteiger partial charge in [-0.3, -0.25) is 0 Å². The molecule has 22 heavy (non-hydrogen) atoms. The number of hydrogen-bond acceptors (Lipinski definition) is 4. The lowest BCUT2D eigenvalue weighted by molar-refractivity contribution is 0.546. The molecule has 0 saturated heterocycles. The van der Waals surface area contributed by atoms with E-state index in [1.54, 1.807) is 0 Å².